The van der Waals surface area contributed by atoms with Crippen molar-refractivity contribution in [2.75, 3.05) is 6.54 Å². The lowest BCUT2D eigenvalue weighted by Gasteiger charge is -2.18. The lowest BCUT2D eigenvalue weighted by molar-refractivity contribution is 0.206. The molecule has 0 radical (unpaired) electrons. The lowest BCUT2D eigenvalue weighted by Crippen LogP contribution is -2.25. The number of benzene rings is 2. The van der Waals surface area contributed by atoms with Crippen LogP contribution in [-0.4, -0.2) is 12.6 Å². The minimum atomic E-state index is 0.0786. The summed E-state index contributed by atoms with van der Waals surface area (Å²) in [5.41, 5.74) is 7.98. The number of hydrogen-bond acceptors (Lipinski definition) is 2. The fraction of sp³-hybridized carbons (Fsp3) is 0.250. The molecule has 0 fully saturated rings. The lowest BCUT2D eigenvalue weighted by atomic mass is 10.0. The molecular formula is C16H19NO. The molecule has 1 atom stereocenters. The van der Waals surface area contributed by atoms with E-state index in [-0.39, 0.29) is 6.10 Å². The number of rotatable bonds is 5. The van der Waals surface area contributed by atoms with E-state index >= 15 is 0 Å². The summed E-state index contributed by atoms with van der Waals surface area (Å²) in [5, 5.41) is 0. The topological polar surface area (TPSA) is 35.2 Å². The quantitative estimate of drug-likeness (QED) is 0.870. The van der Waals surface area contributed by atoms with E-state index in [4.69, 9.17) is 10.5 Å². The van der Waals surface area contributed by atoms with Gasteiger partial charge in [-0.3, -0.25) is 0 Å². The number of nitrogens with two attached hydrogens (primary N) is 1. The highest BCUT2D eigenvalue weighted by Crippen LogP contribution is 2.30. The summed E-state index contributed by atoms with van der Waals surface area (Å²) < 4.78 is 5.97. The summed E-state index contributed by atoms with van der Waals surface area (Å²) >= 11 is 0. The van der Waals surface area contributed by atoms with Crippen LogP contribution < -0.4 is 10.5 Å². The van der Waals surface area contributed by atoms with Crippen LogP contribution in [0.15, 0.2) is 54.6 Å². The van der Waals surface area contributed by atoms with Gasteiger partial charge in [0.2, 0.25) is 0 Å². The first-order valence-corrected chi connectivity index (χ1v) is 6.36. The number of hydrogen-bond donors (Lipinski definition) is 1. The van der Waals surface area contributed by atoms with E-state index in [9.17, 15) is 0 Å². The van der Waals surface area contributed by atoms with Gasteiger partial charge in [0, 0.05) is 12.1 Å². The molecule has 2 aromatic carbocycles. The van der Waals surface area contributed by atoms with Crippen LogP contribution in [0.5, 0.6) is 5.75 Å². The minimum absolute atomic E-state index is 0.0786. The Hall–Kier alpha value is -1.80. The van der Waals surface area contributed by atoms with Gasteiger partial charge in [0.25, 0.3) is 0 Å². The van der Waals surface area contributed by atoms with Crippen LogP contribution in [-0.2, 0) is 0 Å². The van der Waals surface area contributed by atoms with Crippen LogP contribution in [0.3, 0.4) is 0 Å². The summed E-state index contributed by atoms with van der Waals surface area (Å²) in [5.74, 6) is 0.904. The number of para-hydroxylation sites is 1. The smallest absolute Gasteiger partial charge is 0.127 e. The Morgan fingerprint density at radius 1 is 1.00 bits per heavy atom. The first-order chi connectivity index (χ1) is 8.85. The van der Waals surface area contributed by atoms with Crippen molar-refractivity contribution < 1.29 is 4.74 Å². The Labute approximate surface area is 108 Å². The molecule has 94 valence electrons. The third-order valence-corrected chi connectivity index (χ3v) is 2.98. The SMILES string of the molecule is CCC(CN)Oc1ccccc1-c1ccccc1. The Kier molecular flexibility index (Phi) is 4.37. The average Bonchev–Trinajstić information content (AvgIpc) is 2.46. The largest absolute Gasteiger partial charge is 0.488 e. The van der Waals surface area contributed by atoms with Gasteiger partial charge in [-0.15, -0.1) is 0 Å². The molecule has 2 aromatic rings. The van der Waals surface area contributed by atoms with Gasteiger partial charge in [-0.1, -0.05) is 55.5 Å². The predicted octanol–water partition coefficient (Wildman–Crippen LogP) is 3.47. The average molecular weight is 241 g/mol. The van der Waals surface area contributed by atoms with Gasteiger partial charge in [0.1, 0.15) is 11.9 Å². The van der Waals surface area contributed by atoms with Crippen molar-refractivity contribution in [2.24, 2.45) is 5.73 Å². The summed E-state index contributed by atoms with van der Waals surface area (Å²) in [6, 6.07) is 18.4. The van der Waals surface area contributed by atoms with E-state index < -0.39 is 0 Å². The van der Waals surface area contributed by atoms with Gasteiger partial charge >= 0.3 is 0 Å². The monoisotopic (exact) mass is 241 g/mol. The standard InChI is InChI=1S/C16H19NO/c1-2-14(12-17)18-16-11-7-6-10-15(16)13-8-4-3-5-9-13/h3-11,14H,2,12,17H2,1H3. The highest BCUT2D eigenvalue weighted by molar-refractivity contribution is 5.70. The van der Waals surface area contributed by atoms with E-state index in [0.29, 0.717) is 6.54 Å². The van der Waals surface area contributed by atoms with Crippen molar-refractivity contribution in [1.29, 1.82) is 0 Å². The number of ether oxygens (including phenoxy) is 1. The molecule has 2 rings (SSSR count). The molecule has 1 unspecified atom stereocenters. The molecular weight excluding hydrogens is 222 g/mol. The summed E-state index contributed by atoms with van der Waals surface area (Å²) in [6.45, 7) is 2.63. The summed E-state index contributed by atoms with van der Waals surface area (Å²) in [7, 11) is 0. The molecule has 0 amide bonds. The highest BCUT2D eigenvalue weighted by Gasteiger charge is 2.10. The molecule has 0 bridgehead atoms. The van der Waals surface area contributed by atoms with Gasteiger partial charge in [-0.05, 0) is 18.1 Å². The molecule has 0 spiro atoms. The van der Waals surface area contributed by atoms with Crippen LogP contribution >= 0.6 is 0 Å². The van der Waals surface area contributed by atoms with Crippen molar-refractivity contribution in [2.45, 2.75) is 19.4 Å². The van der Waals surface area contributed by atoms with E-state index in [1.165, 1.54) is 5.56 Å². The van der Waals surface area contributed by atoms with Gasteiger partial charge < -0.3 is 10.5 Å². The van der Waals surface area contributed by atoms with Crippen molar-refractivity contribution in [3.63, 3.8) is 0 Å². The second-order valence-electron chi connectivity index (χ2n) is 4.25. The molecule has 0 heterocycles. The maximum absolute atomic E-state index is 5.97. The molecule has 0 aliphatic carbocycles. The Balaban J connectivity index is 2.31. The van der Waals surface area contributed by atoms with Gasteiger partial charge in [0.15, 0.2) is 0 Å². The van der Waals surface area contributed by atoms with E-state index in [0.717, 1.165) is 17.7 Å². The molecule has 0 saturated heterocycles. The molecule has 0 aromatic heterocycles. The maximum Gasteiger partial charge on any atom is 0.127 e. The van der Waals surface area contributed by atoms with Crippen LogP contribution in [0.1, 0.15) is 13.3 Å². The van der Waals surface area contributed by atoms with Crippen molar-refractivity contribution in [1.82, 2.24) is 0 Å². The Morgan fingerprint density at radius 2 is 1.67 bits per heavy atom. The van der Waals surface area contributed by atoms with Crippen molar-refractivity contribution in [3.8, 4) is 16.9 Å². The summed E-state index contributed by atoms with van der Waals surface area (Å²) in [6.07, 6.45) is 0.995. The molecule has 0 saturated carbocycles. The molecule has 18 heavy (non-hydrogen) atoms. The third-order valence-electron chi connectivity index (χ3n) is 2.98. The van der Waals surface area contributed by atoms with Crippen molar-refractivity contribution >= 4 is 0 Å². The van der Waals surface area contributed by atoms with Gasteiger partial charge in [-0.2, -0.15) is 0 Å². The fourth-order valence-electron chi connectivity index (χ4n) is 1.90. The van der Waals surface area contributed by atoms with Crippen LogP contribution in [0, 0.1) is 0 Å². The molecule has 0 aliphatic rings. The van der Waals surface area contributed by atoms with E-state index in [1.807, 2.05) is 36.4 Å². The first-order valence-electron chi connectivity index (χ1n) is 6.36. The highest BCUT2D eigenvalue weighted by atomic mass is 16.5. The van der Waals surface area contributed by atoms with Gasteiger partial charge in [0.05, 0.1) is 0 Å². The van der Waals surface area contributed by atoms with Crippen LogP contribution in [0.25, 0.3) is 11.1 Å². The van der Waals surface area contributed by atoms with Gasteiger partial charge in [-0.25, -0.2) is 0 Å². The molecule has 2 heteroatoms. The predicted molar refractivity (Wildman–Crippen MR) is 75.6 cm³/mol. The van der Waals surface area contributed by atoms with Crippen LogP contribution in [0.2, 0.25) is 0 Å². The zero-order valence-corrected chi connectivity index (χ0v) is 10.7. The van der Waals surface area contributed by atoms with Crippen molar-refractivity contribution in [3.05, 3.63) is 54.6 Å². The normalized spacial score (nSPS) is 12.1. The third kappa shape index (κ3) is 2.90. The summed E-state index contributed by atoms with van der Waals surface area (Å²) in [4.78, 5) is 0. The van der Waals surface area contributed by atoms with E-state index in [2.05, 4.69) is 25.1 Å². The molecule has 2 nitrogen and oxygen atoms in total. The fourth-order valence-corrected chi connectivity index (χ4v) is 1.90. The molecule has 0 aliphatic heterocycles. The Morgan fingerprint density at radius 3 is 2.33 bits per heavy atom. The molecule has 2 N–H and O–H groups in total. The Bertz CT molecular complexity index is 477. The van der Waals surface area contributed by atoms with Crippen LogP contribution in [0.4, 0.5) is 0 Å². The second kappa shape index (κ2) is 6.22. The minimum Gasteiger partial charge on any atom is -0.488 e. The zero-order valence-electron chi connectivity index (χ0n) is 10.7. The maximum atomic E-state index is 5.97. The second-order valence-corrected chi connectivity index (χ2v) is 4.25. The van der Waals surface area contributed by atoms with E-state index in [1.54, 1.807) is 0 Å². The first kappa shape index (κ1) is 12.7. The zero-order chi connectivity index (χ0) is 12.8.